The molecule has 2 saturated heterocycles. The van der Waals surface area contributed by atoms with Gasteiger partial charge in [0.2, 0.25) is 5.91 Å². The van der Waals surface area contributed by atoms with E-state index in [1.807, 2.05) is 54.3 Å². The summed E-state index contributed by atoms with van der Waals surface area (Å²) < 4.78 is 10.9. The summed E-state index contributed by atoms with van der Waals surface area (Å²) in [5.41, 5.74) is 0.397. The van der Waals surface area contributed by atoms with Gasteiger partial charge in [-0.05, 0) is 12.5 Å². The molecule has 0 radical (unpaired) electrons. The molecule has 4 rings (SSSR count). The topological polar surface area (TPSA) is 55.8 Å². The van der Waals surface area contributed by atoms with E-state index in [1.165, 1.54) is 7.11 Å². The molecule has 3 heterocycles. The van der Waals surface area contributed by atoms with Crippen LogP contribution in [0.1, 0.15) is 18.5 Å². The number of rotatable bonds is 3. The van der Waals surface area contributed by atoms with Gasteiger partial charge in [-0.15, -0.1) is 0 Å². The lowest BCUT2D eigenvalue weighted by molar-refractivity contribution is -0.151. The maximum absolute atomic E-state index is 13.0. The summed E-state index contributed by atoms with van der Waals surface area (Å²) in [4.78, 5) is 27.0. The third-order valence-electron chi connectivity index (χ3n) is 5.35. The zero-order chi connectivity index (χ0) is 16.2. The molecule has 3 aliphatic heterocycles. The predicted molar refractivity (Wildman–Crippen MR) is 82.3 cm³/mol. The lowest BCUT2D eigenvalue weighted by Crippen LogP contribution is -2.39. The van der Waals surface area contributed by atoms with Crippen LogP contribution in [0.5, 0.6) is 0 Å². The van der Waals surface area contributed by atoms with Crippen LogP contribution in [-0.4, -0.2) is 42.1 Å². The number of fused-ring (bicyclic) bond motifs is 1. The van der Waals surface area contributed by atoms with Crippen molar-refractivity contribution < 1.29 is 19.1 Å². The number of ether oxygens (including phenoxy) is 2. The van der Waals surface area contributed by atoms with Crippen LogP contribution in [0.15, 0.2) is 42.5 Å². The van der Waals surface area contributed by atoms with Crippen molar-refractivity contribution in [3.63, 3.8) is 0 Å². The number of carbonyl (C=O) groups is 2. The van der Waals surface area contributed by atoms with Gasteiger partial charge in [-0.25, -0.2) is 0 Å². The van der Waals surface area contributed by atoms with Gasteiger partial charge < -0.3 is 14.4 Å². The molecule has 23 heavy (non-hydrogen) atoms. The minimum absolute atomic E-state index is 0.0244. The highest BCUT2D eigenvalue weighted by atomic mass is 16.5. The zero-order valence-electron chi connectivity index (χ0n) is 13.1. The molecule has 5 nitrogen and oxygen atoms in total. The second-order valence-corrected chi connectivity index (χ2v) is 6.48. The molecule has 1 aromatic rings. The van der Waals surface area contributed by atoms with Crippen molar-refractivity contribution in [2.75, 3.05) is 13.7 Å². The van der Waals surface area contributed by atoms with Crippen LogP contribution in [0.3, 0.4) is 0 Å². The van der Waals surface area contributed by atoms with Crippen LogP contribution >= 0.6 is 0 Å². The first kappa shape index (κ1) is 14.5. The van der Waals surface area contributed by atoms with Gasteiger partial charge in [0.1, 0.15) is 11.5 Å². The van der Waals surface area contributed by atoms with E-state index in [-0.39, 0.29) is 24.0 Å². The van der Waals surface area contributed by atoms with E-state index in [9.17, 15) is 9.59 Å². The number of methoxy groups -OCH3 is 1. The molecule has 0 aliphatic carbocycles. The van der Waals surface area contributed by atoms with Crippen LogP contribution in [0.25, 0.3) is 0 Å². The van der Waals surface area contributed by atoms with Crippen molar-refractivity contribution in [2.45, 2.75) is 24.7 Å². The molecule has 1 amide bonds. The second kappa shape index (κ2) is 4.93. The molecule has 1 aromatic carbocycles. The predicted octanol–water partition coefficient (Wildman–Crippen LogP) is 1.70. The summed E-state index contributed by atoms with van der Waals surface area (Å²) in [5.74, 6) is -1.40. The van der Waals surface area contributed by atoms with Gasteiger partial charge >= 0.3 is 5.97 Å². The van der Waals surface area contributed by atoms with Gasteiger partial charge in [-0.2, -0.15) is 0 Å². The molecular weight excluding hydrogens is 294 g/mol. The van der Waals surface area contributed by atoms with E-state index >= 15 is 0 Å². The van der Waals surface area contributed by atoms with Crippen LogP contribution in [0.4, 0.5) is 0 Å². The van der Waals surface area contributed by atoms with E-state index in [0.717, 1.165) is 5.56 Å². The summed E-state index contributed by atoms with van der Waals surface area (Å²) in [7, 11) is 1.36. The van der Waals surface area contributed by atoms with E-state index in [2.05, 4.69) is 0 Å². The van der Waals surface area contributed by atoms with Gasteiger partial charge in [-0.3, -0.25) is 9.59 Å². The molecule has 120 valence electrons. The van der Waals surface area contributed by atoms with Crippen molar-refractivity contribution in [3.05, 3.63) is 48.0 Å². The molecular formula is C18H19NO4. The van der Waals surface area contributed by atoms with Crippen LogP contribution in [0.2, 0.25) is 0 Å². The van der Waals surface area contributed by atoms with Gasteiger partial charge in [0.25, 0.3) is 0 Å². The average molecular weight is 313 g/mol. The highest BCUT2D eigenvalue weighted by molar-refractivity contribution is 5.91. The molecule has 2 fully saturated rings. The van der Waals surface area contributed by atoms with Crippen LogP contribution in [-0.2, 0) is 19.1 Å². The summed E-state index contributed by atoms with van der Waals surface area (Å²) in [6.07, 6.45) is 3.50. The number of hydrogen-bond donors (Lipinski definition) is 0. The lowest BCUT2D eigenvalue weighted by Gasteiger charge is -2.27. The Morgan fingerprint density at radius 2 is 2.13 bits per heavy atom. The van der Waals surface area contributed by atoms with Gasteiger partial charge in [0, 0.05) is 0 Å². The molecule has 0 saturated carbocycles. The Morgan fingerprint density at radius 1 is 1.39 bits per heavy atom. The fraction of sp³-hybridized carbons (Fsp3) is 0.444. The normalized spacial score (nSPS) is 35.5. The Hall–Kier alpha value is -2.14. The first-order valence-corrected chi connectivity index (χ1v) is 7.88. The summed E-state index contributed by atoms with van der Waals surface area (Å²) in [6.45, 7) is 2.49. The van der Waals surface area contributed by atoms with Crippen molar-refractivity contribution in [2.24, 2.45) is 11.8 Å². The smallest absolute Gasteiger partial charge is 0.312 e. The molecule has 5 atom stereocenters. The SMILES string of the molecule is COC(=O)[C@@H]1[C@H]2C(=O)N([C@H](C)c3ccccc3)C[C@]23C=C[C@H]1O3. The fourth-order valence-corrected chi connectivity index (χ4v) is 4.17. The Labute approximate surface area is 134 Å². The van der Waals surface area contributed by atoms with E-state index < -0.39 is 17.4 Å². The highest BCUT2D eigenvalue weighted by Crippen LogP contribution is 2.53. The lowest BCUT2D eigenvalue weighted by atomic mass is 9.77. The zero-order valence-corrected chi connectivity index (χ0v) is 13.1. The number of esters is 1. The number of amides is 1. The maximum Gasteiger partial charge on any atom is 0.312 e. The van der Waals surface area contributed by atoms with E-state index in [4.69, 9.17) is 9.47 Å². The van der Waals surface area contributed by atoms with Crippen molar-refractivity contribution >= 4 is 11.9 Å². The fourth-order valence-electron chi connectivity index (χ4n) is 4.17. The Balaban J connectivity index is 1.67. The largest absolute Gasteiger partial charge is 0.469 e. The first-order chi connectivity index (χ1) is 11.1. The quantitative estimate of drug-likeness (QED) is 0.629. The van der Waals surface area contributed by atoms with Gasteiger partial charge in [-0.1, -0.05) is 42.5 Å². The van der Waals surface area contributed by atoms with E-state index in [1.54, 1.807) is 0 Å². The number of nitrogens with zero attached hydrogens (tertiary/aromatic N) is 1. The summed E-state index contributed by atoms with van der Waals surface area (Å²) >= 11 is 0. The minimum atomic E-state index is -0.677. The molecule has 0 aromatic heterocycles. The van der Waals surface area contributed by atoms with Gasteiger partial charge in [0.05, 0.1) is 31.7 Å². The molecule has 1 spiro atoms. The maximum atomic E-state index is 13.0. The molecule has 0 unspecified atom stereocenters. The first-order valence-electron chi connectivity index (χ1n) is 7.88. The minimum Gasteiger partial charge on any atom is -0.469 e. The van der Waals surface area contributed by atoms with Crippen molar-refractivity contribution in [1.82, 2.24) is 4.90 Å². The molecule has 0 N–H and O–H groups in total. The second-order valence-electron chi connectivity index (χ2n) is 6.48. The Kier molecular flexibility index (Phi) is 3.10. The number of carbonyl (C=O) groups excluding carboxylic acids is 2. The Morgan fingerprint density at radius 3 is 2.83 bits per heavy atom. The summed E-state index contributed by atoms with van der Waals surface area (Å²) in [5, 5.41) is 0. The summed E-state index contributed by atoms with van der Waals surface area (Å²) in [6, 6.07) is 9.84. The van der Waals surface area contributed by atoms with Gasteiger partial charge in [0.15, 0.2) is 0 Å². The van der Waals surface area contributed by atoms with Crippen LogP contribution in [0, 0.1) is 11.8 Å². The third-order valence-corrected chi connectivity index (χ3v) is 5.35. The molecule has 5 heteroatoms. The van der Waals surface area contributed by atoms with Crippen molar-refractivity contribution in [3.8, 4) is 0 Å². The highest BCUT2D eigenvalue weighted by Gasteiger charge is 2.67. The standard InChI is InChI=1S/C18H19NO4/c1-11(12-6-4-3-5-7-12)19-10-18-9-8-13(23-18)14(17(21)22-2)15(18)16(19)20/h3-9,11,13-15H,10H2,1-2H3/t11-,13-,14+,15+,18-/m1/s1. The number of likely N-dealkylation sites (tertiary alicyclic amines) is 1. The molecule has 3 aliphatic rings. The number of benzene rings is 1. The monoisotopic (exact) mass is 313 g/mol. The average Bonchev–Trinajstić information content (AvgIpc) is 3.22. The van der Waals surface area contributed by atoms with Crippen LogP contribution < -0.4 is 0 Å². The third kappa shape index (κ3) is 1.89. The molecule has 2 bridgehead atoms. The van der Waals surface area contributed by atoms with E-state index in [0.29, 0.717) is 6.54 Å². The van der Waals surface area contributed by atoms with Crippen molar-refractivity contribution in [1.29, 1.82) is 0 Å². The Bertz CT molecular complexity index is 686. The number of hydrogen-bond acceptors (Lipinski definition) is 4.